The van der Waals surface area contributed by atoms with Gasteiger partial charge in [0.1, 0.15) is 10.7 Å². The molecule has 1 aliphatic carbocycles. The van der Waals surface area contributed by atoms with Crippen molar-refractivity contribution in [2.75, 3.05) is 0 Å². The smallest absolute Gasteiger partial charge is 0.343 e. The second-order valence-corrected chi connectivity index (χ2v) is 7.43. The number of halogens is 1. The summed E-state index contributed by atoms with van der Waals surface area (Å²) in [5, 5.41) is 7.59. The Morgan fingerprint density at radius 1 is 1.31 bits per heavy atom. The van der Waals surface area contributed by atoms with E-state index < -0.39 is 12.1 Å². The van der Waals surface area contributed by atoms with Crippen molar-refractivity contribution < 1.29 is 14.3 Å². The number of nitrogens with one attached hydrogen (secondary N) is 1. The molecule has 0 spiro atoms. The number of hydrogen-bond donors (Lipinski definition) is 1. The Morgan fingerprint density at radius 2 is 1.96 bits per heavy atom. The van der Waals surface area contributed by atoms with Crippen LogP contribution in [0.25, 0.3) is 0 Å². The molecule has 1 amide bonds. The molecule has 1 aromatic heterocycles. The first kappa shape index (κ1) is 20.7. The molecule has 0 saturated heterocycles. The van der Waals surface area contributed by atoms with E-state index in [0.29, 0.717) is 12.2 Å². The number of amides is 1. The Bertz CT molecular complexity index is 622. The number of ether oxygens (including phenoxy) is 1. The topological polar surface area (TPSA) is 73.2 Å². The van der Waals surface area contributed by atoms with E-state index in [1.54, 1.807) is 18.5 Å². The summed E-state index contributed by atoms with van der Waals surface area (Å²) >= 11 is 6.30. The van der Waals surface area contributed by atoms with Crippen LogP contribution in [0.3, 0.4) is 0 Å². The van der Waals surface area contributed by atoms with Gasteiger partial charge in [0.15, 0.2) is 6.10 Å². The van der Waals surface area contributed by atoms with Gasteiger partial charge in [-0.25, -0.2) is 4.79 Å². The maximum Gasteiger partial charge on any atom is 0.343 e. The number of rotatable bonds is 7. The van der Waals surface area contributed by atoms with Crippen molar-refractivity contribution in [3.05, 3.63) is 16.4 Å². The molecule has 1 atom stereocenters. The largest absolute Gasteiger partial charge is 0.449 e. The molecule has 1 saturated carbocycles. The van der Waals surface area contributed by atoms with Crippen molar-refractivity contribution in [2.45, 2.75) is 90.8 Å². The predicted molar refractivity (Wildman–Crippen MR) is 101 cm³/mol. The van der Waals surface area contributed by atoms with Gasteiger partial charge in [0, 0.05) is 12.6 Å². The van der Waals surface area contributed by atoms with Gasteiger partial charge in [-0.05, 0) is 33.1 Å². The van der Waals surface area contributed by atoms with Crippen LogP contribution >= 0.6 is 11.6 Å². The number of hydrogen-bond acceptors (Lipinski definition) is 4. The molecule has 1 fully saturated rings. The summed E-state index contributed by atoms with van der Waals surface area (Å²) in [6.07, 6.45) is 7.75. The highest BCUT2D eigenvalue weighted by Crippen LogP contribution is 2.22. The number of unbranched alkanes of at least 4 members (excludes halogenated alkanes) is 1. The first-order valence-electron chi connectivity index (χ1n) is 9.68. The fourth-order valence-electron chi connectivity index (χ4n) is 3.26. The van der Waals surface area contributed by atoms with Crippen LogP contribution in [-0.4, -0.2) is 33.8 Å². The van der Waals surface area contributed by atoms with Crippen molar-refractivity contribution in [1.82, 2.24) is 15.1 Å². The third kappa shape index (κ3) is 5.47. The summed E-state index contributed by atoms with van der Waals surface area (Å²) in [5.41, 5.74) is 0.768. The fraction of sp³-hybridized carbons (Fsp3) is 0.737. The molecule has 1 heterocycles. The van der Waals surface area contributed by atoms with Crippen LogP contribution in [0.5, 0.6) is 0 Å². The average Bonchev–Trinajstić information content (AvgIpc) is 2.77. The van der Waals surface area contributed by atoms with Crippen molar-refractivity contribution in [2.24, 2.45) is 0 Å². The van der Waals surface area contributed by atoms with E-state index in [2.05, 4.69) is 17.3 Å². The number of nitrogens with zero attached hydrogens (tertiary/aromatic N) is 2. The lowest BCUT2D eigenvalue weighted by atomic mass is 10.1. The van der Waals surface area contributed by atoms with Crippen LogP contribution in [0, 0.1) is 6.92 Å². The van der Waals surface area contributed by atoms with E-state index in [1.165, 1.54) is 12.8 Å². The minimum Gasteiger partial charge on any atom is -0.449 e. The molecule has 1 aromatic rings. The van der Waals surface area contributed by atoms with E-state index in [4.69, 9.17) is 16.3 Å². The lowest BCUT2D eigenvalue weighted by molar-refractivity contribution is -0.129. The van der Waals surface area contributed by atoms with Gasteiger partial charge in [-0.15, -0.1) is 0 Å². The van der Waals surface area contributed by atoms with Gasteiger partial charge in [0.05, 0.1) is 5.69 Å². The summed E-state index contributed by atoms with van der Waals surface area (Å²) in [6, 6.07) is 0.174. The van der Waals surface area contributed by atoms with Crippen molar-refractivity contribution in [1.29, 1.82) is 0 Å². The zero-order valence-electron chi connectivity index (χ0n) is 16.0. The molecule has 0 radical (unpaired) electrons. The monoisotopic (exact) mass is 383 g/mol. The van der Waals surface area contributed by atoms with Crippen molar-refractivity contribution >= 4 is 23.5 Å². The maximum absolute atomic E-state index is 12.5. The number of aryl methyl sites for hydroxylation is 2. The second-order valence-electron chi connectivity index (χ2n) is 7.07. The Labute approximate surface area is 160 Å². The summed E-state index contributed by atoms with van der Waals surface area (Å²) in [6.45, 7) is 6.05. The van der Waals surface area contributed by atoms with E-state index in [0.717, 1.165) is 38.5 Å². The van der Waals surface area contributed by atoms with Gasteiger partial charge in [0.2, 0.25) is 0 Å². The van der Waals surface area contributed by atoms with Crippen molar-refractivity contribution in [3.8, 4) is 0 Å². The van der Waals surface area contributed by atoms with Crippen LogP contribution in [-0.2, 0) is 16.1 Å². The lowest BCUT2D eigenvalue weighted by Gasteiger charge is -2.19. The molecule has 6 nitrogen and oxygen atoms in total. The normalized spacial score (nSPS) is 16.8. The van der Waals surface area contributed by atoms with E-state index in [9.17, 15) is 9.59 Å². The number of carbonyl (C=O) groups is 2. The molecule has 146 valence electrons. The fourth-order valence-corrected chi connectivity index (χ4v) is 3.59. The summed E-state index contributed by atoms with van der Waals surface area (Å²) in [4.78, 5) is 24.9. The van der Waals surface area contributed by atoms with Gasteiger partial charge in [-0.1, -0.05) is 50.6 Å². The van der Waals surface area contributed by atoms with Gasteiger partial charge in [-0.3, -0.25) is 9.48 Å². The molecule has 26 heavy (non-hydrogen) atoms. The number of carbonyl (C=O) groups excluding carboxylic acids is 2. The molecule has 1 N–H and O–H groups in total. The van der Waals surface area contributed by atoms with Gasteiger partial charge < -0.3 is 10.1 Å². The van der Waals surface area contributed by atoms with E-state index >= 15 is 0 Å². The summed E-state index contributed by atoms with van der Waals surface area (Å²) in [5.74, 6) is -0.851. The maximum atomic E-state index is 12.5. The minimum atomic E-state index is -0.861. The van der Waals surface area contributed by atoms with Gasteiger partial charge >= 0.3 is 5.97 Å². The lowest BCUT2D eigenvalue weighted by Crippen LogP contribution is -2.41. The Kier molecular flexibility index (Phi) is 7.94. The molecule has 0 aliphatic heterocycles. The highest BCUT2D eigenvalue weighted by atomic mass is 35.5. The minimum absolute atomic E-state index is 0.174. The van der Waals surface area contributed by atoms with Crippen LogP contribution in [0.2, 0.25) is 5.15 Å². The van der Waals surface area contributed by atoms with Crippen LogP contribution in [0.15, 0.2) is 0 Å². The molecule has 0 unspecified atom stereocenters. The molecule has 0 bridgehead atoms. The van der Waals surface area contributed by atoms with Crippen LogP contribution in [0.1, 0.15) is 81.3 Å². The highest BCUT2D eigenvalue weighted by molar-refractivity contribution is 6.32. The summed E-state index contributed by atoms with van der Waals surface area (Å²) < 4.78 is 6.98. The van der Waals surface area contributed by atoms with Crippen LogP contribution < -0.4 is 5.32 Å². The van der Waals surface area contributed by atoms with E-state index in [1.807, 2.05) is 0 Å². The first-order valence-corrected chi connectivity index (χ1v) is 10.1. The van der Waals surface area contributed by atoms with Gasteiger partial charge in [0.25, 0.3) is 5.91 Å². The van der Waals surface area contributed by atoms with Crippen LogP contribution in [0.4, 0.5) is 0 Å². The zero-order chi connectivity index (χ0) is 19.1. The Balaban J connectivity index is 1.95. The third-order valence-electron chi connectivity index (χ3n) is 4.85. The molecular weight excluding hydrogens is 354 g/mol. The predicted octanol–water partition coefficient (Wildman–Crippen LogP) is 4.03. The molecule has 1 aliphatic rings. The Hall–Kier alpha value is -1.56. The number of aromatic nitrogens is 2. The zero-order valence-corrected chi connectivity index (χ0v) is 16.8. The average molecular weight is 384 g/mol. The SMILES string of the molecule is CCCCn1nc(C)c(C(=O)O[C@H](C)C(=O)NC2CCCCCC2)c1Cl. The Morgan fingerprint density at radius 3 is 2.58 bits per heavy atom. The van der Waals surface area contributed by atoms with E-state index in [-0.39, 0.29) is 22.7 Å². The standard InChI is InChI=1S/C19H30ClN3O3/c1-4-5-12-23-17(20)16(13(2)22-23)19(25)26-14(3)18(24)21-15-10-8-6-7-9-11-15/h14-15H,4-12H2,1-3H3,(H,21,24)/t14-/m1/s1. The summed E-state index contributed by atoms with van der Waals surface area (Å²) in [7, 11) is 0. The highest BCUT2D eigenvalue weighted by Gasteiger charge is 2.26. The molecule has 2 rings (SSSR count). The molecular formula is C19H30ClN3O3. The van der Waals surface area contributed by atoms with Gasteiger partial charge in [-0.2, -0.15) is 5.10 Å². The molecule has 7 heteroatoms. The third-order valence-corrected chi connectivity index (χ3v) is 5.23. The second kappa shape index (κ2) is 9.95. The molecule has 0 aromatic carbocycles. The first-order chi connectivity index (χ1) is 12.4. The quantitative estimate of drug-likeness (QED) is 0.569. The van der Waals surface area contributed by atoms with Crippen molar-refractivity contribution in [3.63, 3.8) is 0 Å². The number of esters is 1.